The summed E-state index contributed by atoms with van der Waals surface area (Å²) in [5.41, 5.74) is 0.657. The van der Waals surface area contributed by atoms with Crippen molar-refractivity contribution in [1.29, 1.82) is 0 Å². The Bertz CT molecular complexity index is 647. The number of likely N-dealkylation sites (tertiary alicyclic amines) is 1. The normalized spacial score (nSPS) is 29.7. The van der Waals surface area contributed by atoms with Gasteiger partial charge in [0.1, 0.15) is 11.5 Å². The zero-order valence-corrected chi connectivity index (χ0v) is 17.3. The van der Waals surface area contributed by atoms with E-state index in [1.54, 1.807) is 0 Å². The first kappa shape index (κ1) is 20.4. The molecule has 1 aromatic heterocycles. The molecule has 2 saturated heterocycles. The molecule has 27 heavy (non-hydrogen) atoms. The smallest absolute Gasteiger partial charge is 0.257 e. The van der Waals surface area contributed by atoms with Gasteiger partial charge in [-0.05, 0) is 32.8 Å². The van der Waals surface area contributed by atoms with Crippen LogP contribution >= 0.6 is 0 Å². The Hall–Kier alpha value is -1.37. The Kier molecular flexibility index (Phi) is 6.28. The maximum Gasteiger partial charge on any atom is 0.257 e. The molecule has 4 atom stereocenters. The maximum absolute atomic E-state index is 13.1. The molecule has 6 nitrogen and oxygen atoms in total. The van der Waals surface area contributed by atoms with Crippen molar-refractivity contribution < 1.29 is 19.1 Å². The summed E-state index contributed by atoms with van der Waals surface area (Å²) in [7, 11) is 0. The fourth-order valence-electron chi connectivity index (χ4n) is 4.46. The highest BCUT2D eigenvalue weighted by molar-refractivity contribution is 5.95. The van der Waals surface area contributed by atoms with Gasteiger partial charge in [0.15, 0.2) is 0 Å². The molecule has 0 aliphatic carbocycles. The topological polar surface area (TPSA) is 66.2 Å². The van der Waals surface area contributed by atoms with Gasteiger partial charge in [-0.15, -0.1) is 0 Å². The van der Waals surface area contributed by atoms with Crippen LogP contribution in [0, 0.1) is 18.8 Å². The number of carbonyl (C=O) groups is 1. The number of amides is 1. The van der Waals surface area contributed by atoms with Crippen LogP contribution in [0.25, 0.3) is 0 Å². The van der Waals surface area contributed by atoms with Gasteiger partial charge >= 0.3 is 0 Å². The van der Waals surface area contributed by atoms with E-state index in [4.69, 9.17) is 9.15 Å². The van der Waals surface area contributed by atoms with Crippen molar-refractivity contribution in [2.45, 2.75) is 52.7 Å². The van der Waals surface area contributed by atoms with E-state index in [2.05, 4.69) is 32.6 Å². The highest BCUT2D eigenvalue weighted by Crippen LogP contribution is 2.29. The summed E-state index contributed by atoms with van der Waals surface area (Å²) in [4.78, 5) is 17.4. The SMILES string of the molecule is Cc1oc(C(C)C)cc1C(=O)N1C[C@@H](CO)[C@@H](CN2C[C@@H](C)O[C@@H](C)C2)C1. The van der Waals surface area contributed by atoms with Crippen LogP contribution in [0.1, 0.15) is 55.5 Å². The summed E-state index contributed by atoms with van der Waals surface area (Å²) in [6, 6.07) is 1.88. The first-order valence-corrected chi connectivity index (χ1v) is 10.2. The average Bonchev–Trinajstić information content (AvgIpc) is 3.17. The molecule has 1 N–H and O–H groups in total. The van der Waals surface area contributed by atoms with Crippen LogP contribution in [0.5, 0.6) is 0 Å². The van der Waals surface area contributed by atoms with Gasteiger partial charge in [-0.1, -0.05) is 13.8 Å². The number of hydrogen-bond acceptors (Lipinski definition) is 5. The second-order valence-corrected chi connectivity index (χ2v) is 8.66. The zero-order valence-electron chi connectivity index (χ0n) is 17.3. The average molecular weight is 379 g/mol. The fraction of sp³-hybridized carbons (Fsp3) is 0.762. The monoisotopic (exact) mass is 378 g/mol. The molecule has 0 bridgehead atoms. The number of aryl methyl sites for hydroxylation is 1. The van der Waals surface area contributed by atoms with Crippen molar-refractivity contribution in [3.8, 4) is 0 Å². The third kappa shape index (κ3) is 4.55. The highest BCUT2D eigenvalue weighted by atomic mass is 16.5. The minimum absolute atomic E-state index is 0.0211. The standard InChI is InChI=1S/C21H34N2O4/c1-13(2)20-6-19(16(5)27-20)21(25)23-10-17(18(11-23)12-24)9-22-7-14(3)26-15(4)8-22/h6,13-15,17-18,24H,7-12H2,1-5H3/t14-,15+,17-,18-/m0/s1. The Morgan fingerprint density at radius 1 is 1.19 bits per heavy atom. The summed E-state index contributed by atoms with van der Waals surface area (Å²) in [5, 5.41) is 9.87. The van der Waals surface area contributed by atoms with Crippen LogP contribution in [0.2, 0.25) is 0 Å². The molecule has 0 aromatic carbocycles. The molecule has 3 rings (SSSR count). The van der Waals surface area contributed by atoms with Crippen molar-refractivity contribution in [1.82, 2.24) is 9.80 Å². The number of aliphatic hydroxyl groups is 1. The first-order valence-electron chi connectivity index (χ1n) is 10.2. The second kappa shape index (κ2) is 8.33. The zero-order chi connectivity index (χ0) is 19.7. The molecule has 2 aliphatic rings. The minimum Gasteiger partial charge on any atom is -0.465 e. The number of carbonyl (C=O) groups excluding carboxylic acids is 1. The predicted octanol–water partition coefficient (Wildman–Crippen LogP) is 2.50. The molecule has 0 unspecified atom stereocenters. The maximum atomic E-state index is 13.1. The number of furan rings is 1. The third-order valence-electron chi connectivity index (χ3n) is 5.82. The van der Waals surface area contributed by atoms with Crippen LogP contribution in [-0.4, -0.2) is 72.4 Å². The van der Waals surface area contributed by atoms with E-state index in [1.807, 2.05) is 17.9 Å². The van der Waals surface area contributed by atoms with Gasteiger partial charge in [-0.3, -0.25) is 9.69 Å². The van der Waals surface area contributed by atoms with Crippen LogP contribution in [0.4, 0.5) is 0 Å². The molecule has 0 radical (unpaired) electrons. The molecular formula is C21H34N2O4. The summed E-state index contributed by atoms with van der Waals surface area (Å²) in [6.45, 7) is 14.3. The van der Waals surface area contributed by atoms with E-state index in [9.17, 15) is 9.90 Å². The lowest BCUT2D eigenvalue weighted by molar-refractivity contribution is -0.0726. The summed E-state index contributed by atoms with van der Waals surface area (Å²) in [6.07, 6.45) is 0.451. The van der Waals surface area contributed by atoms with Gasteiger partial charge in [0.2, 0.25) is 0 Å². The van der Waals surface area contributed by atoms with Crippen LogP contribution in [0.15, 0.2) is 10.5 Å². The van der Waals surface area contributed by atoms with Crippen molar-refractivity contribution in [2.24, 2.45) is 11.8 Å². The van der Waals surface area contributed by atoms with Gasteiger partial charge in [-0.2, -0.15) is 0 Å². The molecular weight excluding hydrogens is 344 g/mol. The van der Waals surface area contributed by atoms with Crippen molar-refractivity contribution in [3.05, 3.63) is 23.2 Å². The number of nitrogens with zero attached hydrogens (tertiary/aromatic N) is 2. The summed E-state index contributed by atoms with van der Waals surface area (Å²) >= 11 is 0. The van der Waals surface area contributed by atoms with E-state index >= 15 is 0 Å². The molecule has 1 aromatic rings. The van der Waals surface area contributed by atoms with E-state index in [-0.39, 0.29) is 42.5 Å². The lowest BCUT2D eigenvalue weighted by atomic mass is 9.96. The number of hydrogen-bond donors (Lipinski definition) is 1. The number of aliphatic hydroxyl groups excluding tert-OH is 1. The van der Waals surface area contributed by atoms with E-state index < -0.39 is 0 Å². The van der Waals surface area contributed by atoms with Gasteiger partial charge in [-0.25, -0.2) is 0 Å². The van der Waals surface area contributed by atoms with Gasteiger partial charge in [0.05, 0.1) is 17.8 Å². The van der Waals surface area contributed by atoms with E-state index in [1.165, 1.54) is 0 Å². The lowest BCUT2D eigenvalue weighted by Gasteiger charge is -2.37. The molecule has 0 spiro atoms. The molecule has 152 valence electrons. The lowest BCUT2D eigenvalue weighted by Crippen LogP contribution is -2.48. The quantitative estimate of drug-likeness (QED) is 0.853. The molecule has 3 heterocycles. The van der Waals surface area contributed by atoms with Crippen LogP contribution < -0.4 is 0 Å². The summed E-state index contributed by atoms with van der Waals surface area (Å²) in [5.74, 6) is 2.22. The van der Waals surface area contributed by atoms with Gasteiger partial charge in [0.25, 0.3) is 5.91 Å². The molecule has 1 amide bonds. The number of ether oxygens (including phenoxy) is 1. The number of morpholine rings is 1. The largest absolute Gasteiger partial charge is 0.465 e. The Balaban J connectivity index is 1.67. The fourth-order valence-corrected chi connectivity index (χ4v) is 4.46. The van der Waals surface area contributed by atoms with Crippen molar-refractivity contribution >= 4 is 5.91 Å². The van der Waals surface area contributed by atoms with E-state index in [0.717, 1.165) is 25.4 Å². The van der Waals surface area contributed by atoms with E-state index in [0.29, 0.717) is 24.4 Å². The van der Waals surface area contributed by atoms with Crippen LogP contribution in [0.3, 0.4) is 0 Å². The molecule has 2 fully saturated rings. The van der Waals surface area contributed by atoms with Gasteiger partial charge < -0.3 is 19.2 Å². The predicted molar refractivity (Wildman–Crippen MR) is 104 cm³/mol. The molecule has 2 aliphatic heterocycles. The third-order valence-corrected chi connectivity index (χ3v) is 5.82. The molecule has 6 heteroatoms. The Morgan fingerprint density at radius 3 is 2.37 bits per heavy atom. The second-order valence-electron chi connectivity index (χ2n) is 8.66. The molecule has 0 saturated carbocycles. The van der Waals surface area contributed by atoms with Crippen molar-refractivity contribution in [3.63, 3.8) is 0 Å². The Morgan fingerprint density at radius 2 is 1.81 bits per heavy atom. The Labute approximate surface area is 162 Å². The number of rotatable bonds is 5. The minimum atomic E-state index is 0.0211. The van der Waals surface area contributed by atoms with Gasteiger partial charge in [0, 0.05) is 51.2 Å². The van der Waals surface area contributed by atoms with Crippen molar-refractivity contribution in [2.75, 3.05) is 39.3 Å². The first-order chi connectivity index (χ1) is 12.8. The summed E-state index contributed by atoms with van der Waals surface area (Å²) < 4.78 is 11.6. The highest BCUT2D eigenvalue weighted by Gasteiger charge is 2.38. The van der Waals surface area contributed by atoms with Crippen LogP contribution in [-0.2, 0) is 4.74 Å².